The Morgan fingerprint density at radius 3 is 2.43 bits per heavy atom. The van der Waals surface area contributed by atoms with Crippen molar-refractivity contribution in [2.24, 2.45) is 0 Å². The molecule has 2 heterocycles. The first-order valence-corrected chi connectivity index (χ1v) is 9.88. The number of hydrogen-bond donors (Lipinski definition) is 2. The SMILES string of the molecule is CC(CC(=O)N1CCN(c2ncc(C3CC3)cn2)CC1)OC[C@H](C)NC(=O)O. The van der Waals surface area contributed by atoms with E-state index in [1.807, 2.05) is 24.2 Å². The van der Waals surface area contributed by atoms with Gasteiger partial charge in [0, 0.05) is 38.6 Å². The summed E-state index contributed by atoms with van der Waals surface area (Å²) in [4.78, 5) is 36.0. The average Bonchev–Trinajstić information content (AvgIpc) is 3.51. The van der Waals surface area contributed by atoms with Gasteiger partial charge in [-0.3, -0.25) is 4.79 Å². The van der Waals surface area contributed by atoms with E-state index in [1.165, 1.54) is 18.4 Å². The molecule has 2 atom stereocenters. The van der Waals surface area contributed by atoms with E-state index in [0.29, 0.717) is 32.1 Å². The maximum atomic E-state index is 12.5. The van der Waals surface area contributed by atoms with Crippen LogP contribution < -0.4 is 10.2 Å². The predicted octanol–water partition coefficient (Wildman–Crippen LogP) is 1.45. The van der Waals surface area contributed by atoms with E-state index < -0.39 is 6.09 Å². The summed E-state index contributed by atoms with van der Waals surface area (Å²) in [5.74, 6) is 1.43. The second-order valence-corrected chi connectivity index (χ2v) is 7.66. The first kappa shape index (κ1) is 20.3. The van der Waals surface area contributed by atoms with Crippen LogP contribution in [0.15, 0.2) is 12.4 Å². The number of hydrogen-bond acceptors (Lipinski definition) is 6. The van der Waals surface area contributed by atoms with Gasteiger partial charge in [0.2, 0.25) is 11.9 Å². The fourth-order valence-corrected chi connectivity index (χ4v) is 3.27. The molecule has 1 aliphatic heterocycles. The second kappa shape index (κ2) is 9.18. The lowest BCUT2D eigenvalue weighted by atomic mass is 10.2. The number of carboxylic acid groups (broad SMARTS) is 1. The van der Waals surface area contributed by atoms with E-state index in [4.69, 9.17) is 9.84 Å². The topological polar surface area (TPSA) is 108 Å². The number of carbonyl (C=O) groups is 2. The number of aromatic nitrogens is 2. The molecule has 154 valence electrons. The van der Waals surface area contributed by atoms with Gasteiger partial charge < -0.3 is 25.0 Å². The summed E-state index contributed by atoms with van der Waals surface area (Å²) in [5, 5.41) is 11.0. The molecule has 9 heteroatoms. The minimum absolute atomic E-state index is 0.0518. The van der Waals surface area contributed by atoms with Crippen molar-refractivity contribution in [3.05, 3.63) is 18.0 Å². The van der Waals surface area contributed by atoms with E-state index in [2.05, 4.69) is 20.2 Å². The lowest BCUT2D eigenvalue weighted by Gasteiger charge is -2.35. The quantitative estimate of drug-likeness (QED) is 0.690. The maximum Gasteiger partial charge on any atom is 0.404 e. The minimum Gasteiger partial charge on any atom is -0.465 e. The van der Waals surface area contributed by atoms with Crippen LogP contribution in [-0.2, 0) is 9.53 Å². The van der Waals surface area contributed by atoms with Crippen molar-refractivity contribution in [1.82, 2.24) is 20.2 Å². The summed E-state index contributed by atoms with van der Waals surface area (Å²) in [6, 6.07) is -0.315. The molecule has 1 aromatic rings. The third kappa shape index (κ3) is 5.79. The van der Waals surface area contributed by atoms with Gasteiger partial charge in [0.25, 0.3) is 0 Å². The Morgan fingerprint density at radius 2 is 1.86 bits per heavy atom. The van der Waals surface area contributed by atoms with Gasteiger partial charge in [0.15, 0.2) is 0 Å². The number of carbonyl (C=O) groups excluding carboxylic acids is 1. The average molecular weight is 391 g/mol. The number of amides is 2. The molecule has 1 saturated heterocycles. The van der Waals surface area contributed by atoms with Gasteiger partial charge in [-0.05, 0) is 38.2 Å². The smallest absolute Gasteiger partial charge is 0.404 e. The first-order chi connectivity index (χ1) is 13.4. The van der Waals surface area contributed by atoms with Crippen LogP contribution >= 0.6 is 0 Å². The van der Waals surface area contributed by atoms with Crippen LogP contribution in [0.4, 0.5) is 10.7 Å². The van der Waals surface area contributed by atoms with Crippen LogP contribution in [-0.4, -0.2) is 76.9 Å². The third-order valence-electron chi connectivity index (χ3n) is 5.08. The molecule has 1 unspecified atom stereocenters. The summed E-state index contributed by atoms with van der Waals surface area (Å²) in [5.41, 5.74) is 1.22. The van der Waals surface area contributed by atoms with Crippen molar-refractivity contribution in [3.63, 3.8) is 0 Å². The molecule has 1 saturated carbocycles. The van der Waals surface area contributed by atoms with Crippen molar-refractivity contribution >= 4 is 17.9 Å². The van der Waals surface area contributed by atoms with Crippen molar-refractivity contribution < 1.29 is 19.4 Å². The Kier molecular flexibility index (Phi) is 6.66. The third-order valence-corrected chi connectivity index (χ3v) is 5.08. The van der Waals surface area contributed by atoms with Gasteiger partial charge in [-0.2, -0.15) is 0 Å². The molecule has 9 nitrogen and oxygen atoms in total. The number of nitrogens with one attached hydrogen (secondary N) is 1. The summed E-state index contributed by atoms with van der Waals surface area (Å²) in [7, 11) is 0. The standard InChI is InChI=1S/C19H29N5O4/c1-13(22-19(26)27)12-28-14(2)9-17(25)23-5-7-24(8-6-23)18-20-10-16(11-21-18)15-3-4-15/h10-11,13-15,22H,3-9,12H2,1-2H3,(H,26,27)/t13-,14?/m0/s1. The molecule has 1 aliphatic carbocycles. The predicted molar refractivity (Wildman–Crippen MR) is 103 cm³/mol. The van der Waals surface area contributed by atoms with Crippen molar-refractivity contribution in [2.45, 2.75) is 51.2 Å². The van der Waals surface area contributed by atoms with E-state index in [0.717, 1.165) is 5.95 Å². The van der Waals surface area contributed by atoms with Crippen LogP contribution in [0.2, 0.25) is 0 Å². The van der Waals surface area contributed by atoms with E-state index in [1.54, 1.807) is 6.92 Å². The summed E-state index contributed by atoms with van der Waals surface area (Å²) < 4.78 is 5.59. The van der Waals surface area contributed by atoms with Gasteiger partial charge in [-0.15, -0.1) is 0 Å². The molecule has 0 spiro atoms. The van der Waals surface area contributed by atoms with Gasteiger partial charge in [-0.1, -0.05) is 0 Å². The Balaban J connectivity index is 1.38. The number of piperazine rings is 1. The minimum atomic E-state index is -1.08. The highest BCUT2D eigenvalue weighted by molar-refractivity contribution is 5.77. The monoisotopic (exact) mass is 391 g/mol. The fraction of sp³-hybridized carbons (Fsp3) is 0.684. The highest BCUT2D eigenvalue weighted by Gasteiger charge is 2.26. The van der Waals surface area contributed by atoms with Crippen LogP contribution in [0.25, 0.3) is 0 Å². The zero-order valence-corrected chi connectivity index (χ0v) is 16.5. The van der Waals surface area contributed by atoms with Gasteiger partial charge in [0.1, 0.15) is 0 Å². The molecule has 28 heavy (non-hydrogen) atoms. The molecule has 1 aromatic heterocycles. The molecule has 2 fully saturated rings. The van der Waals surface area contributed by atoms with Crippen molar-refractivity contribution in [2.75, 3.05) is 37.7 Å². The number of anilines is 1. The molecule has 0 aromatic carbocycles. The summed E-state index contributed by atoms with van der Waals surface area (Å²) in [6.45, 7) is 6.49. The summed E-state index contributed by atoms with van der Waals surface area (Å²) >= 11 is 0. The second-order valence-electron chi connectivity index (χ2n) is 7.66. The number of nitrogens with zero attached hydrogens (tertiary/aromatic N) is 4. The largest absolute Gasteiger partial charge is 0.465 e. The molecule has 0 bridgehead atoms. The van der Waals surface area contributed by atoms with Gasteiger partial charge in [-0.25, -0.2) is 14.8 Å². The Bertz CT molecular complexity index is 671. The number of rotatable bonds is 8. The van der Waals surface area contributed by atoms with Gasteiger partial charge in [0.05, 0.1) is 25.2 Å². The van der Waals surface area contributed by atoms with Crippen LogP contribution in [0.5, 0.6) is 0 Å². The zero-order chi connectivity index (χ0) is 20.1. The molecular formula is C19H29N5O4. The zero-order valence-electron chi connectivity index (χ0n) is 16.5. The molecule has 2 N–H and O–H groups in total. The van der Waals surface area contributed by atoms with Crippen molar-refractivity contribution in [3.8, 4) is 0 Å². The van der Waals surface area contributed by atoms with E-state index >= 15 is 0 Å². The Morgan fingerprint density at radius 1 is 1.21 bits per heavy atom. The lowest BCUT2D eigenvalue weighted by Crippen LogP contribution is -2.49. The van der Waals surface area contributed by atoms with Crippen LogP contribution in [0, 0.1) is 0 Å². The van der Waals surface area contributed by atoms with Crippen LogP contribution in [0.3, 0.4) is 0 Å². The number of ether oxygens (including phenoxy) is 1. The van der Waals surface area contributed by atoms with Crippen LogP contribution in [0.1, 0.15) is 44.6 Å². The molecule has 0 radical (unpaired) electrons. The summed E-state index contributed by atoms with van der Waals surface area (Å²) in [6.07, 6.45) is 5.27. The van der Waals surface area contributed by atoms with Crippen molar-refractivity contribution in [1.29, 1.82) is 0 Å². The Hall–Kier alpha value is -2.42. The van der Waals surface area contributed by atoms with E-state index in [-0.39, 0.29) is 31.1 Å². The molecular weight excluding hydrogens is 362 g/mol. The molecule has 2 amide bonds. The molecule has 2 aliphatic rings. The maximum absolute atomic E-state index is 12.5. The highest BCUT2D eigenvalue weighted by atomic mass is 16.5. The first-order valence-electron chi connectivity index (χ1n) is 9.88. The fourth-order valence-electron chi connectivity index (χ4n) is 3.27. The Labute approximate surface area is 165 Å². The van der Waals surface area contributed by atoms with Gasteiger partial charge >= 0.3 is 6.09 Å². The highest BCUT2D eigenvalue weighted by Crippen LogP contribution is 2.39. The normalized spacial score (nSPS) is 19.2. The lowest BCUT2D eigenvalue weighted by molar-refractivity contribution is -0.134. The molecule has 3 rings (SSSR count). The van der Waals surface area contributed by atoms with E-state index in [9.17, 15) is 9.59 Å².